The van der Waals surface area contributed by atoms with Gasteiger partial charge < -0.3 is 4.52 Å². The first-order valence-electron chi connectivity index (χ1n) is 7.17. The van der Waals surface area contributed by atoms with Crippen LogP contribution in [0.15, 0.2) is 4.52 Å². The fourth-order valence-electron chi connectivity index (χ4n) is 2.79. The van der Waals surface area contributed by atoms with E-state index >= 15 is 0 Å². The number of terminal acetylenes is 1. The van der Waals surface area contributed by atoms with Crippen molar-refractivity contribution in [3.63, 3.8) is 0 Å². The Kier molecular flexibility index (Phi) is 4.98. The topological polar surface area (TPSA) is 51.0 Å². The van der Waals surface area contributed by atoms with Gasteiger partial charge in [0.25, 0.3) is 0 Å². The van der Waals surface area contributed by atoms with Gasteiger partial charge in [0.05, 0.1) is 13.1 Å². The Balaban J connectivity index is 1.85. The summed E-state index contributed by atoms with van der Waals surface area (Å²) in [4.78, 5) is 4.47. The Hall–Kier alpha value is -1.34. The van der Waals surface area contributed by atoms with Crippen LogP contribution in [0.1, 0.15) is 57.2 Å². The van der Waals surface area contributed by atoms with Crippen LogP contribution in [-0.2, 0) is 6.54 Å². The molecule has 1 heterocycles. The summed E-state index contributed by atoms with van der Waals surface area (Å²) >= 11 is 0. The van der Waals surface area contributed by atoms with Crippen LogP contribution in [0.2, 0.25) is 0 Å². The third-order valence-corrected chi connectivity index (χ3v) is 4.07. The Morgan fingerprint density at radius 1 is 1.37 bits per heavy atom. The van der Waals surface area contributed by atoms with Crippen molar-refractivity contribution < 1.29 is 4.52 Å². The van der Waals surface area contributed by atoms with E-state index in [1.807, 2.05) is 0 Å². The zero-order valence-electron chi connectivity index (χ0n) is 11.9. The van der Waals surface area contributed by atoms with E-state index in [4.69, 9.17) is 10.9 Å². The Bertz CT molecular complexity index is 425. The van der Waals surface area contributed by atoms with Gasteiger partial charge in [-0.25, -0.2) is 0 Å². The summed E-state index contributed by atoms with van der Waals surface area (Å²) in [7, 11) is 0. The molecule has 1 fully saturated rings. The average Bonchev–Trinajstić information content (AvgIpc) is 2.88. The highest BCUT2D eigenvalue weighted by Crippen LogP contribution is 2.37. The second-order valence-electron chi connectivity index (χ2n) is 5.71. The molecule has 4 heteroatoms. The minimum absolute atomic E-state index is 0.472. The van der Waals surface area contributed by atoms with Crippen molar-refractivity contribution in [1.29, 1.82) is 0 Å². The molecule has 1 aliphatic carbocycles. The molecular formula is C15H23N3O. The monoisotopic (exact) mass is 261 g/mol. The van der Waals surface area contributed by atoms with Crippen molar-refractivity contribution in [1.82, 2.24) is 15.5 Å². The van der Waals surface area contributed by atoms with Crippen molar-refractivity contribution in [3.8, 4) is 12.3 Å². The third kappa shape index (κ3) is 3.81. The van der Waals surface area contributed by atoms with E-state index < -0.39 is 0 Å². The standard InChI is InChI=1S/C15H23N3O/c1-4-9-16-10-14-17-15(18-19-14)13-7-5-12(6-8-13)11(2)3/h1,11-13,16H,5-10H2,2-3H3. The van der Waals surface area contributed by atoms with Gasteiger partial charge in [-0.05, 0) is 37.5 Å². The maximum atomic E-state index is 5.25. The molecule has 104 valence electrons. The number of nitrogens with one attached hydrogen (secondary N) is 1. The lowest BCUT2D eigenvalue weighted by atomic mass is 9.77. The van der Waals surface area contributed by atoms with Gasteiger partial charge in [-0.15, -0.1) is 6.42 Å². The molecule has 0 aliphatic heterocycles. The quantitative estimate of drug-likeness (QED) is 0.654. The number of hydrogen-bond donors (Lipinski definition) is 1. The molecule has 1 N–H and O–H groups in total. The van der Waals surface area contributed by atoms with Crippen LogP contribution in [0.3, 0.4) is 0 Å². The van der Waals surface area contributed by atoms with Crippen LogP contribution >= 0.6 is 0 Å². The predicted octanol–water partition coefficient (Wildman–Crippen LogP) is 2.72. The van der Waals surface area contributed by atoms with Gasteiger partial charge in [-0.3, -0.25) is 5.32 Å². The first-order valence-corrected chi connectivity index (χ1v) is 7.17. The van der Waals surface area contributed by atoms with Crippen LogP contribution < -0.4 is 5.32 Å². The Labute approximate surface area is 115 Å². The second kappa shape index (κ2) is 6.72. The van der Waals surface area contributed by atoms with Crippen molar-refractivity contribution >= 4 is 0 Å². The van der Waals surface area contributed by atoms with Gasteiger partial charge in [-0.2, -0.15) is 4.98 Å². The molecular weight excluding hydrogens is 238 g/mol. The molecule has 2 rings (SSSR count). The highest BCUT2D eigenvalue weighted by atomic mass is 16.5. The summed E-state index contributed by atoms with van der Waals surface area (Å²) in [5.74, 6) is 6.15. The normalized spacial score (nSPS) is 23.5. The lowest BCUT2D eigenvalue weighted by molar-refractivity contribution is 0.251. The molecule has 0 spiro atoms. The molecule has 0 radical (unpaired) electrons. The fraction of sp³-hybridized carbons (Fsp3) is 0.733. The van der Waals surface area contributed by atoms with Crippen molar-refractivity contribution in [3.05, 3.63) is 11.7 Å². The summed E-state index contributed by atoms with van der Waals surface area (Å²) in [6.45, 7) is 5.71. The van der Waals surface area contributed by atoms with Crippen molar-refractivity contribution in [2.24, 2.45) is 11.8 Å². The second-order valence-corrected chi connectivity index (χ2v) is 5.71. The van der Waals surface area contributed by atoms with Gasteiger partial charge >= 0.3 is 0 Å². The molecule has 0 unspecified atom stereocenters. The van der Waals surface area contributed by atoms with Crippen molar-refractivity contribution in [2.45, 2.75) is 52.0 Å². The first kappa shape index (κ1) is 14.1. The van der Waals surface area contributed by atoms with Crippen LogP contribution in [0.25, 0.3) is 0 Å². The molecule has 0 bridgehead atoms. The summed E-state index contributed by atoms with van der Waals surface area (Å²) in [5, 5.41) is 7.17. The van der Waals surface area contributed by atoms with Gasteiger partial charge in [0.2, 0.25) is 5.89 Å². The van der Waals surface area contributed by atoms with E-state index in [1.54, 1.807) is 0 Å². The molecule has 1 aromatic rings. The van der Waals surface area contributed by atoms with E-state index in [-0.39, 0.29) is 0 Å². The minimum atomic E-state index is 0.472. The molecule has 0 amide bonds. The van der Waals surface area contributed by atoms with E-state index in [0.717, 1.165) is 17.7 Å². The fourth-order valence-corrected chi connectivity index (χ4v) is 2.79. The molecule has 0 saturated heterocycles. The maximum absolute atomic E-state index is 5.25. The molecule has 0 aromatic carbocycles. The lowest BCUT2D eigenvalue weighted by Crippen LogP contribution is -2.18. The largest absolute Gasteiger partial charge is 0.338 e. The zero-order valence-corrected chi connectivity index (χ0v) is 11.9. The van der Waals surface area contributed by atoms with E-state index in [0.29, 0.717) is 24.9 Å². The molecule has 0 atom stereocenters. The third-order valence-electron chi connectivity index (χ3n) is 4.07. The number of nitrogens with zero attached hydrogens (tertiary/aromatic N) is 2. The Morgan fingerprint density at radius 3 is 2.74 bits per heavy atom. The highest BCUT2D eigenvalue weighted by Gasteiger charge is 2.27. The molecule has 19 heavy (non-hydrogen) atoms. The summed E-state index contributed by atoms with van der Waals surface area (Å²) in [5.41, 5.74) is 0. The van der Waals surface area contributed by atoms with E-state index in [9.17, 15) is 0 Å². The number of hydrogen-bond acceptors (Lipinski definition) is 4. The van der Waals surface area contributed by atoms with E-state index in [2.05, 4.69) is 35.2 Å². The summed E-state index contributed by atoms with van der Waals surface area (Å²) in [6.07, 6.45) is 10.1. The molecule has 1 aliphatic rings. The van der Waals surface area contributed by atoms with Crippen molar-refractivity contribution in [2.75, 3.05) is 6.54 Å². The van der Waals surface area contributed by atoms with Crippen LogP contribution in [0.4, 0.5) is 0 Å². The van der Waals surface area contributed by atoms with Gasteiger partial charge in [-0.1, -0.05) is 24.9 Å². The SMILES string of the molecule is C#CCNCc1nc(C2CCC(C(C)C)CC2)no1. The summed E-state index contributed by atoms with van der Waals surface area (Å²) in [6, 6.07) is 0. The summed E-state index contributed by atoms with van der Waals surface area (Å²) < 4.78 is 5.25. The van der Waals surface area contributed by atoms with Gasteiger partial charge in [0, 0.05) is 5.92 Å². The maximum Gasteiger partial charge on any atom is 0.240 e. The average molecular weight is 261 g/mol. The molecule has 1 saturated carbocycles. The smallest absolute Gasteiger partial charge is 0.240 e. The predicted molar refractivity (Wildman–Crippen MR) is 74.4 cm³/mol. The van der Waals surface area contributed by atoms with Gasteiger partial charge in [0.15, 0.2) is 5.82 Å². The minimum Gasteiger partial charge on any atom is -0.338 e. The zero-order chi connectivity index (χ0) is 13.7. The van der Waals surface area contributed by atoms with E-state index in [1.165, 1.54) is 25.7 Å². The molecule has 1 aromatic heterocycles. The number of rotatable bonds is 5. The molecule has 4 nitrogen and oxygen atoms in total. The Morgan fingerprint density at radius 2 is 2.11 bits per heavy atom. The lowest BCUT2D eigenvalue weighted by Gasteiger charge is -2.29. The van der Waals surface area contributed by atoms with Gasteiger partial charge in [0.1, 0.15) is 0 Å². The van der Waals surface area contributed by atoms with Crippen LogP contribution in [0.5, 0.6) is 0 Å². The van der Waals surface area contributed by atoms with Crippen LogP contribution in [0, 0.1) is 24.2 Å². The highest BCUT2D eigenvalue weighted by molar-refractivity contribution is 4.98. The van der Waals surface area contributed by atoms with Crippen LogP contribution in [-0.4, -0.2) is 16.7 Å². The first-order chi connectivity index (χ1) is 9.20. The number of aromatic nitrogens is 2.